The summed E-state index contributed by atoms with van der Waals surface area (Å²) < 4.78 is 0. The van der Waals surface area contributed by atoms with E-state index in [1.807, 2.05) is 25.1 Å². The predicted molar refractivity (Wildman–Crippen MR) is 93.6 cm³/mol. The SMILES string of the molecule is Cc1cc(N(CCC#N)C(=O)CN2CCCC(C)C2)ccc1Cl. The van der Waals surface area contributed by atoms with Gasteiger partial charge in [-0.2, -0.15) is 5.26 Å². The Balaban J connectivity index is 2.11. The topological polar surface area (TPSA) is 47.3 Å². The Labute approximate surface area is 143 Å². The standard InChI is InChI=1S/C18H24ClN3O/c1-14-5-3-9-21(12-14)13-18(23)22(10-4-8-20)16-6-7-17(19)15(2)11-16/h6-7,11,14H,3-5,9-10,12-13H2,1-2H3. The summed E-state index contributed by atoms with van der Waals surface area (Å²) in [5, 5.41) is 9.57. The minimum absolute atomic E-state index is 0.0519. The Kier molecular flexibility index (Phi) is 6.44. The Hall–Kier alpha value is -1.57. The van der Waals surface area contributed by atoms with Crippen LogP contribution in [-0.4, -0.2) is 37.0 Å². The largest absolute Gasteiger partial charge is 0.310 e. The van der Waals surface area contributed by atoms with Gasteiger partial charge in [-0.25, -0.2) is 0 Å². The molecular weight excluding hydrogens is 310 g/mol. The van der Waals surface area contributed by atoms with Crippen LogP contribution in [0.4, 0.5) is 5.69 Å². The number of likely N-dealkylation sites (tertiary alicyclic amines) is 1. The highest BCUT2D eigenvalue weighted by molar-refractivity contribution is 6.31. The van der Waals surface area contributed by atoms with Crippen LogP contribution >= 0.6 is 11.6 Å². The second-order valence-electron chi connectivity index (χ2n) is 6.37. The molecule has 4 nitrogen and oxygen atoms in total. The molecule has 1 saturated heterocycles. The smallest absolute Gasteiger partial charge is 0.241 e. The van der Waals surface area contributed by atoms with Gasteiger partial charge in [0.1, 0.15) is 0 Å². The highest BCUT2D eigenvalue weighted by atomic mass is 35.5. The second kappa shape index (κ2) is 8.33. The number of piperidine rings is 1. The van der Waals surface area contributed by atoms with Gasteiger partial charge < -0.3 is 4.90 Å². The molecule has 1 heterocycles. The van der Waals surface area contributed by atoms with Crippen molar-refractivity contribution in [2.75, 3.05) is 31.1 Å². The minimum Gasteiger partial charge on any atom is -0.310 e. The molecule has 1 fully saturated rings. The molecule has 1 aromatic rings. The third kappa shape index (κ3) is 4.95. The van der Waals surface area contributed by atoms with Gasteiger partial charge in [-0.05, 0) is 56.0 Å². The summed E-state index contributed by atoms with van der Waals surface area (Å²) in [4.78, 5) is 16.7. The summed E-state index contributed by atoms with van der Waals surface area (Å²) in [6.07, 6.45) is 2.70. The lowest BCUT2D eigenvalue weighted by atomic mass is 10.0. The van der Waals surface area contributed by atoms with Gasteiger partial charge >= 0.3 is 0 Å². The van der Waals surface area contributed by atoms with Gasteiger partial charge in [0, 0.05) is 23.8 Å². The van der Waals surface area contributed by atoms with E-state index in [0.29, 0.717) is 30.5 Å². The molecule has 124 valence electrons. The second-order valence-corrected chi connectivity index (χ2v) is 6.78. The van der Waals surface area contributed by atoms with E-state index in [9.17, 15) is 4.79 Å². The maximum absolute atomic E-state index is 12.8. The number of hydrogen-bond donors (Lipinski definition) is 0. The van der Waals surface area contributed by atoms with Crippen LogP contribution in [0.25, 0.3) is 0 Å². The summed E-state index contributed by atoms with van der Waals surface area (Å²) in [6, 6.07) is 7.70. The third-order valence-corrected chi connectivity index (χ3v) is 4.73. The van der Waals surface area contributed by atoms with Crippen LogP contribution in [-0.2, 0) is 4.79 Å². The molecule has 1 aromatic carbocycles. The van der Waals surface area contributed by atoms with Crippen LogP contribution in [0.5, 0.6) is 0 Å². The van der Waals surface area contributed by atoms with Gasteiger partial charge in [0.05, 0.1) is 19.0 Å². The predicted octanol–water partition coefficient (Wildman–Crippen LogP) is 3.63. The molecule has 2 rings (SSSR count). The molecule has 0 spiro atoms. The van der Waals surface area contributed by atoms with E-state index >= 15 is 0 Å². The molecule has 1 unspecified atom stereocenters. The van der Waals surface area contributed by atoms with E-state index in [-0.39, 0.29) is 5.91 Å². The van der Waals surface area contributed by atoms with E-state index < -0.39 is 0 Å². The number of nitrogens with zero attached hydrogens (tertiary/aromatic N) is 3. The van der Waals surface area contributed by atoms with Crippen LogP contribution in [0.1, 0.15) is 31.7 Å². The molecule has 0 aromatic heterocycles. The van der Waals surface area contributed by atoms with Crippen LogP contribution in [0.2, 0.25) is 5.02 Å². The molecule has 0 bridgehead atoms. The van der Waals surface area contributed by atoms with E-state index in [1.54, 1.807) is 4.90 Å². The summed E-state index contributed by atoms with van der Waals surface area (Å²) in [5.74, 6) is 0.693. The number of rotatable bonds is 5. The van der Waals surface area contributed by atoms with Crippen molar-refractivity contribution < 1.29 is 4.79 Å². The van der Waals surface area contributed by atoms with Gasteiger partial charge in [-0.1, -0.05) is 18.5 Å². The number of hydrogen-bond acceptors (Lipinski definition) is 3. The molecule has 1 atom stereocenters. The highest BCUT2D eigenvalue weighted by Crippen LogP contribution is 2.23. The van der Waals surface area contributed by atoms with E-state index in [1.165, 1.54) is 6.42 Å². The first kappa shape index (κ1) is 17.8. The van der Waals surface area contributed by atoms with Crippen molar-refractivity contribution in [3.05, 3.63) is 28.8 Å². The lowest BCUT2D eigenvalue weighted by Crippen LogP contribution is -2.44. The van der Waals surface area contributed by atoms with Crippen molar-refractivity contribution >= 4 is 23.2 Å². The van der Waals surface area contributed by atoms with Crippen molar-refractivity contribution in [2.24, 2.45) is 5.92 Å². The van der Waals surface area contributed by atoms with Crippen LogP contribution in [0, 0.1) is 24.2 Å². The normalized spacial score (nSPS) is 18.4. The van der Waals surface area contributed by atoms with Gasteiger partial charge in [-0.3, -0.25) is 9.69 Å². The molecule has 23 heavy (non-hydrogen) atoms. The Morgan fingerprint density at radius 2 is 2.30 bits per heavy atom. The summed E-state index contributed by atoms with van der Waals surface area (Å²) >= 11 is 6.08. The van der Waals surface area contributed by atoms with E-state index in [2.05, 4.69) is 17.9 Å². The molecule has 0 saturated carbocycles. The molecule has 1 aliphatic heterocycles. The van der Waals surface area contributed by atoms with Gasteiger partial charge in [0.15, 0.2) is 0 Å². The first-order valence-corrected chi connectivity index (χ1v) is 8.55. The lowest BCUT2D eigenvalue weighted by molar-refractivity contribution is -0.120. The zero-order chi connectivity index (χ0) is 16.8. The minimum atomic E-state index is 0.0519. The van der Waals surface area contributed by atoms with Crippen molar-refractivity contribution in [2.45, 2.75) is 33.1 Å². The maximum Gasteiger partial charge on any atom is 0.241 e. The average molecular weight is 334 g/mol. The average Bonchev–Trinajstić information content (AvgIpc) is 2.51. The molecule has 1 amide bonds. The zero-order valence-corrected chi connectivity index (χ0v) is 14.6. The Bertz CT molecular complexity index is 596. The van der Waals surface area contributed by atoms with Crippen LogP contribution in [0.15, 0.2) is 18.2 Å². The number of anilines is 1. The number of aryl methyl sites for hydroxylation is 1. The summed E-state index contributed by atoms with van der Waals surface area (Å²) in [5.41, 5.74) is 1.75. The number of carbonyl (C=O) groups excluding carboxylic acids is 1. The van der Waals surface area contributed by atoms with Crippen molar-refractivity contribution in [1.29, 1.82) is 5.26 Å². The molecule has 0 N–H and O–H groups in total. The zero-order valence-electron chi connectivity index (χ0n) is 13.9. The molecule has 5 heteroatoms. The van der Waals surface area contributed by atoms with Crippen molar-refractivity contribution in [1.82, 2.24) is 4.90 Å². The van der Waals surface area contributed by atoms with Gasteiger partial charge in [-0.15, -0.1) is 0 Å². The van der Waals surface area contributed by atoms with Crippen molar-refractivity contribution in [3.8, 4) is 6.07 Å². The number of benzene rings is 1. The monoisotopic (exact) mass is 333 g/mol. The van der Waals surface area contributed by atoms with Gasteiger partial charge in [0.2, 0.25) is 5.91 Å². The summed E-state index contributed by atoms with van der Waals surface area (Å²) in [6.45, 7) is 6.92. The molecule has 0 aliphatic carbocycles. The molecule has 0 radical (unpaired) electrons. The molecule has 1 aliphatic rings. The Morgan fingerprint density at radius 3 is 2.96 bits per heavy atom. The highest BCUT2D eigenvalue weighted by Gasteiger charge is 2.22. The molecular formula is C18H24ClN3O. The van der Waals surface area contributed by atoms with E-state index in [4.69, 9.17) is 16.9 Å². The first-order valence-electron chi connectivity index (χ1n) is 8.17. The van der Waals surface area contributed by atoms with Gasteiger partial charge in [0.25, 0.3) is 0 Å². The third-order valence-electron chi connectivity index (χ3n) is 4.30. The fourth-order valence-corrected chi connectivity index (χ4v) is 3.18. The number of nitriles is 1. The van der Waals surface area contributed by atoms with Crippen molar-refractivity contribution in [3.63, 3.8) is 0 Å². The maximum atomic E-state index is 12.8. The quantitative estimate of drug-likeness (QED) is 0.826. The first-order chi connectivity index (χ1) is 11.0. The Morgan fingerprint density at radius 1 is 1.52 bits per heavy atom. The fraction of sp³-hybridized carbons (Fsp3) is 0.556. The van der Waals surface area contributed by atoms with E-state index in [0.717, 1.165) is 30.8 Å². The number of amides is 1. The number of halogens is 1. The van der Waals surface area contributed by atoms with Crippen LogP contribution in [0.3, 0.4) is 0 Å². The fourth-order valence-electron chi connectivity index (χ4n) is 3.06. The lowest BCUT2D eigenvalue weighted by Gasteiger charge is -2.32. The number of carbonyl (C=O) groups is 1. The van der Waals surface area contributed by atoms with Crippen LogP contribution < -0.4 is 4.90 Å². The summed E-state index contributed by atoms with van der Waals surface area (Å²) in [7, 11) is 0.